The summed E-state index contributed by atoms with van der Waals surface area (Å²) in [5.41, 5.74) is 2.52. The van der Waals surface area contributed by atoms with Gasteiger partial charge in [0.15, 0.2) is 0 Å². The van der Waals surface area contributed by atoms with Crippen LogP contribution in [0, 0.1) is 0 Å². The zero-order valence-corrected chi connectivity index (χ0v) is 12.5. The lowest BCUT2D eigenvalue weighted by Crippen LogP contribution is -1.99. The van der Waals surface area contributed by atoms with E-state index >= 15 is 0 Å². The fourth-order valence-electron chi connectivity index (χ4n) is 2.65. The summed E-state index contributed by atoms with van der Waals surface area (Å²) in [7, 11) is 0. The van der Waals surface area contributed by atoms with Crippen LogP contribution < -0.4 is 5.32 Å². The van der Waals surface area contributed by atoms with Crippen molar-refractivity contribution in [2.45, 2.75) is 42.4 Å². The van der Waals surface area contributed by atoms with Gasteiger partial charge in [0, 0.05) is 22.4 Å². The van der Waals surface area contributed by atoms with Gasteiger partial charge in [0.05, 0.1) is 0 Å². The van der Waals surface area contributed by atoms with Crippen LogP contribution in [0.1, 0.15) is 31.2 Å². The molecular formula is C18H21NS. The largest absolute Gasteiger partial charge is 0.381 e. The smallest absolute Gasteiger partial charge is 0.0400 e. The van der Waals surface area contributed by atoms with Gasteiger partial charge in [0.2, 0.25) is 0 Å². The predicted octanol–water partition coefficient (Wildman–Crippen LogP) is 5.33. The van der Waals surface area contributed by atoms with Crippen molar-refractivity contribution in [2.75, 3.05) is 5.32 Å². The second-order valence-corrected chi connectivity index (χ2v) is 6.76. The van der Waals surface area contributed by atoms with Crippen LogP contribution in [0.3, 0.4) is 0 Å². The van der Waals surface area contributed by atoms with Crippen molar-refractivity contribution in [3.63, 3.8) is 0 Å². The Morgan fingerprint density at radius 1 is 0.900 bits per heavy atom. The Morgan fingerprint density at radius 3 is 2.30 bits per heavy atom. The molecule has 3 rings (SSSR count). The summed E-state index contributed by atoms with van der Waals surface area (Å²) in [5, 5.41) is 4.32. The lowest BCUT2D eigenvalue weighted by atomic mass is 10.2. The molecule has 1 saturated carbocycles. The molecule has 0 atom stereocenters. The predicted molar refractivity (Wildman–Crippen MR) is 88.3 cm³/mol. The van der Waals surface area contributed by atoms with Crippen molar-refractivity contribution >= 4 is 17.4 Å². The third-order valence-electron chi connectivity index (χ3n) is 3.80. The van der Waals surface area contributed by atoms with Crippen LogP contribution in [-0.4, -0.2) is 5.25 Å². The first kappa shape index (κ1) is 13.6. The molecule has 2 heteroatoms. The first-order chi connectivity index (χ1) is 9.90. The average Bonchev–Trinajstić information content (AvgIpc) is 3.01. The van der Waals surface area contributed by atoms with E-state index in [9.17, 15) is 0 Å². The van der Waals surface area contributed by atoms with E-state index in [4.69, 9.17) is 0 Å². The van der Waals surface area contributed by atoms with E-state index < -0.39 is 0 Å². The molecule has 0 saturated heterocycles. The number of anilines is 1. The molecule has 104 valence electrons. The number of thioether (sulfide) groups is 1. The first-order valence-electron chi connectivity index (χ1n) is 7.45. The van der Waals surface area contributed by atoms with Crippen LogP contribution in [0.5, 0.6) is 0 Å². The maximum atomic E-state index is 3.47. The molecule has 2 aromatic rings. The summed E-state index contributed by atoms with van der Waals surface area (Å²) in [6, 6.07) is 19.4. The first-order valence-corrected chi connectivity index (χ1v) is 8.33. The maximum absolute atomic E-state index is 3.47. The van der Waals surface area contributed by atoms with Crippen molar-refractivity contribution < 1.29 is 0 Å². The van der Waals surface area contributed by atoms with Crippen LogP contribution in [0.15, 0.2) is 59.5 Å². The van der Waals surface area contributed by atoms with E-state index in [1.807, 2.05) is 11.8 Å². The SMILES string of the molecule is c1ccc(CNc2ccc(SC3CCCC3)cc2)cc1. The van der Waals surface area contributed by atoms with E-state index in [1.165, 1.54) is 41.8 Å². The molecule has 1 N–H and O–H groups in total. The van der Waals surface area contributed by atoms with Crippen molar-refractivity contribution in [3.8, 4) is 0 Å². The van der Waals surface area contributed by atoms with Crippen LogP contribution in [-0.2, 0) is 6.54 Å². The normalized spacial score (nSPS) is 15.4. The Morgan fingerprint density at radius 2 is 1.60 bits per heavy atom. The summed E-state index contributed by atoms with van der Waals surface area (Å²) in [4.78, 5) is 1.40. The number of hydrogen-bond donors (Lipinski definition) is 1. The molecule has 0 spiro atoms. The summed E-state index contributed by atoms with van der Waals surface area (Å²) >= 11 is 2.05. The van der Waals surface area contributed by atoms with E-state index in [2.05, 4.69) is 59.9 Å². The van der Waals surface area contributed by atoms with Gasteiger partial charge in [0.25, 0.3) is 0 Å². The Labute approximate surface area is 125 Å². The molecule has 0 bridgehead atoms. The average molecular weight is 283 g/mol. The second-order valence-electron chi connectivity index (χ2n) is 5.39. The number of nitrogens with one attached hydrogen (secondary N) is 1. The Bertz CT molecular complexity index is 515. The molecule has 1 nitrogen and oxygen atoms in total. The van der Waals surface area contributed by atoms with Crippen LogP contribution in [0.2, 0.25) is 0 Å². The topological polar surface area (TPSA) is 12.0 Å². The van der Waals surface area contributed by atoms with Crippen molar-refractivity contribution in [1.82, 2.24) is 0 Å². The third-order valence-corrected chi connectivity index (χ3v) is 5.15. The van der Waals surface area contributed by atoms with Gasteiger partial charge < -0.3 is 5.32 Å². The molecule has 0 aliphatic heterocycles. The molecule has 0 aromatic heterocycles. The molecule has 1 aliphatic rings. The van der Waals surface area contributed by atoms with Gasteiger partial charge in [-0.05, 0) is 42.7 Å². The highest BCUT2D eigenvalue weighted by molar-refractivity contribution is 8.00. The minimum Gasteiger partial charge on any atom is -0.381 e. The third kappa shape index (κ3) is 3.80. The summed E-state index contributed by atoms with van der Waals surface area (Å²) in [6.07, 6.45) is 5.60. The molecule has 0 radical (unpaired) electrons. The number of hydrogen-bond acceptors (Lipinski definition) is 2. The lowest BCUT2D eigenvalue weighted by molar-refractivity contribution is 0.886. The van der Waals surface area contributed by atoms with Gasteiger partial charge in [-0.2, -0.15) is 0 Å². The molecule has 1 aliphatic carbocycles. The molecule has 0 unspecified atom stereocenters. The molecule has 20 heavy (non-hydrogen) atoms. The summed E-state index contributed by atoms with van der Waals surface area (Å²) in [6.45, 7) is 0.885. The van der Waals surface area contributed by atoms with E-state index in [-0.39, 0.29) is 0 Å². The molecule has 0 amide bonds. The van der Waals surface area contributed by atoms with Gasteiger partial charge >= 0.3 is 0 Å². The highest BCUT2D eigenvalue weighted by Gasteiger charge is 2.15. The van der Waals surface area contributed by atoms with Crippen LogP contribution >= 0.6 is 11.8 Å². The van der Waals surface area contributed by atoms with Gasteiger partial charge in [0.1, 0.15) is 0 Å². The number of benzene rings is 2. The highest BCUT2D eigenvalue weighted by Crippen LogP contribution is 2.34. The lowest BCUT2D eigenvalue weighted by Gasteiger charge is -2.10. The fraction of sp³-hybridized carbons (Fsp3) is 0.333. The highest BCUT2D eigenvalue weighted by atomic mass is 32.2. The molecule has 0 heterocycles. The zero-order valence-electron chi connectivity index (χ0n) is 11.7. The van der Waals surface area contributed by atoms with E-state index in [0.717, 1.165) is 11.8 Å². The second kappa shape index (κ2) is 6.85. The van der Waals surface area contributed by atoms with Gasteiger partial charge in [-0.25, -0.2) is 0 Å². The molecular weight excluding hydrogens is 262 g/mol. The van der Waals surface area contributed by atoms with E-state index in [0.29, 0.717) is 0 Å². The summed E-state index contributed by atoms with van der Waals surface area (Å²) in [5.74, 6) is 0. The van der Waals surface area contributed by atoms with Crippen LogP contribution in [0.4, 0.5) is 5.69 Å². The van der Waals surface area contributed by atoms with Gasteiger partial charge in [-0.15, -0.1) is 11.8 Å². The summed E-state index contributed by atoms with van der Waals surface area (Å²) < 4.78 is 0. The Kier molecular flexibility index (Phi) is 4.65. The maximum Gasteiger partial charge on any atom is 0.0400 e. The standard InChI is InChI=1S/C18H21NS/c1-2-6-15(7-3-1)14-19-16-10-12-18(13-11-16)20-17-8-4-5-9-17/h1-3,6-7,10-13,17,19H,4-5,8-9,14H2. The Hall–Kier alpha value is -1.41. The van der Waals surface area contributed by atoms with Crippen molar-refractivity contribution in [3.05, 3.63) is 60.2 Å². The van der Waals surface area contributed by atoms with Crippen LogP contribution in [0.25, 0.3) is 0 Å². The van der Waals surface area contributed by atoms with E-state index in [1.54, 1.807) is 0 Å². The van der Waals surface area contributed by atoms with Crippen molar-refractivity contribution in [1.29, 1.82) is 0 Å². The molecule has 2 aromatic carbocycles. The van der Waals surface area contributed by atoms with Crippen molar-refractivity contribution in [2.24, 2.45) is 0 Å². The number of rotatable bonds is 5. The van der Waals surface area contributed by atoms with Gasteiger partial charge in [-0.1, -0.05) is 43.2 Å². The Balaban J connectivity index is 1.53. The monoisotopic (exact) mass is 283 g/mol. The zero-order chi connectivity index (χ0) is 13.6. The fourth-order valence-corrected chi connectivity index (χ4v) is 3.90. The minimum absolute atomic E-state index is 0.845. The molecule has 1 fully saturated rings. The minimum atomic E-state index is 0.845. The quantitative estimate of drug-likeness (QED) is 0.795. The van der Waals surface area contributed by atoms with Gasteiger partial charge in [-0.3, -0.25) is 0 Å².